The van der Waals surface area contributed by atoms with Gasteiger partial charge in [0.1, 0.15) is 0 Å². The van der Waals surface area contributed by atoms with E-state index in [9.17, 15) is 4.79 Å². The molecule has 0 aromatic rings. The summed E-state index contributed by atoms with van der Waals surface area (Å²) in [5.41, 5.74) is 0. The van der Waals surface area contributed by atoms with Crippen LogP contribution in [0.2, 0.25) is 0 Å². The molecule has 0 radical (unpaired) electrons. The predicted octanol–water partition coefficient (Wildman–Crippen LogP) is 2.73. The number of nitrogens with one attached hydrogen (secondary N) is 1. The van der Waals surface area contributed by atoms with Crippen molar-refractivity contribution >= 4 is 18.3 Å². The van der Waals surface area contributed by atoms with Crippen molar-refractivity contribution in [2.45, 2.75) is 69.9 Å². The van der Waals surface area contributed by atoms with Crippen LogP contribution in [0.3, 0.4) is 0 Å². The standard InChI is InChI=1S/C15H26N2O.ClH/c18-15(10-12-4-2-1-3-5-12)17-13-6-7-14(17)11-16-9-8-13;/h12-14,16H,1-11H2;1H. The fourth-order valence-corrected chi connectivity index (χ4v) is 4.13. The van der Waals surface area contributed by atoms with Gasteiger partial charge in [-0.15, -0.1) is 12.4 Å². The molecule has 2 saturated heterocycles. The Morgan fingerprint density at radius 2 is 1.74 bits per heavy atom. The van der Waals surface area contributed by atoms with Gasteiger partial charge in [0.25, 0.3) is 0 Å². The Labute approximate surface area is 122 Å². The molecule has 19 heavy (non-hydrogen) atoms. The second-order valence-electron chi connectivity index (χ2n) is 6.39. The van der Waals surface area contributed by atoms with Crippen molar-refractivity contribution in [2.75, 3.05) is 13.1 Å². The molecule has 1 aliphatic carbocycles. The topological polar surface area (TPSA) is 32.3 Å². The van der Waals surface area contributed by atoms with Gasteiger partial charge in [-0.05, 0) is 44.6 Å². The highest BCUT2D eigenvalue weighted by Crippen LogP contribution is 2.32. The van der Waals surface area contributed by atoms with E-state index in [1.807, 2.05) is 0 Å². The Balaban J connectivity index is 0.00000133. The van der Waals surface area contributed by atoms with Gasteiger partial charge < -0.3 is 10.2 Å². The number of rotatable bonds is 2. The molecule has 2 unspecified atom stereocenters. The van der Waals surface area contributed by atoms with Gasteiger partial charge in [-0.3, -0.25) is 4.79 Å². The van der Waals surface area contributed by atoms with Crippen LogP contribution in [0.25, 0.3) is 0 Å². The average molecular weight is 287 g/mol. The van der Waals surface area contributed by atoms with Crippen LogP contribution >= 0.6 is 12.4 Å². The van der Waals surface area contributed by atoms with E-state index in [0.29, 0.717) is 23.9 Å². The normalized spacial score (nSPS) is 31.7. The molecular weight excluding hydrogens is 260 g/mol. The minimum atomic E-state index is 0. The van der Waals surface area contributed by atoms with Gasteiger partial charge in [0.15, 0.2) is 0 Å². The highest BCUT2D eigenvalue weighted by molar-refractivity contribution is 5.85. The Hall–Kier alpha value is -0.280. The molecular formula is C15H27ClN2O. The average Bonchev–Trinajstić information content (AvgIpc) is 2.64. The van der Waals surface area contributed by atoms with Crippen molar-refractivity contribution in [3.8, 4) is 0 Å². The molecule has 3 fully saturated rings. The molecule has 4 heteroatoms. The van der Waals surface area contributed by atoms with Gasteiger partial charge in [0, 0.05) is 25.0 Å². The number of hydrogen-bond acceptors (Lipinski definition) is 2. The number of hydrogen-bond donors (Lipinski definition) is 1. The van der Waals surface area contributed by atoms with Crippen molar-refractivity contribution in [2.24, 2.45) is 5.92 Å². The number of halogens is 1. The van der Waals surface area contributed by atoms with E-state index >= 15 is 0 Å². The van der Waals surface area contributed by atoms with Crippen LogP contribution in [0.1, 0.15) is 57.8 Å². The number of fused-ring (bicyclic) bond motifs is 2. The molecule has 2 atom stereocenters. The summed E-state index contributed by atoms with van der Waals surface area (Å²) in [7, 11) is 0. The van der Waals surface area contributed by atoms with Crippen LogP contribution in [-0.2, 0) is 4.79 Å². The summed E-state index contributed by atoms with van der Waals surface area (Å²) < 4.78 is 0. The molecule has 2 bridgehead atoms. The zero-order valence-corrected chi connectivity index (χ0v) is 12.6. The van der Waals surface area contributed by atoms with Crippen LogP contribution in [-0.4, -0.2) is 36.0 Å². The smallest absolute Gasteiger partial charge is 0.223 e. The minimum absolute atomic E-state index is 0. The third kappa shape index (κ3) is 3.43. The van der Waals surface area contributed by atoms with Gasteiger partial charge in [-0.1, -0.05) is 19.3 Å². The number of carbonyl (C=O) groups excluding carboxylic acids is 1. The fourth-order valence-electron chi connectivity index (χ4n) is 4.13. The van der Waals surface area contributed by atoms with Crippen molar-refractivity contribution in [3.63, 3.8) is 0 Å². The monoisotopic (exact) mass is 286 g/mol. The first-order valence-electron chi connectivity index (χ1n) is 7.86. The molecule has 1 N–H and O–H groups in total. The Kier molecular flexibility index (Phi) is 5.52. The molecule has 3 nitrogen and oxygen atoms in total. The van der Waals surface area contributed by atoms with Crippen molar-refractivity contribution < 1.29 is 4.79 Å². The molecule has 2 aliphatic heterocycles. The minimum Gasteiger partial charge on any atom is -0.335 e. The van der Waals surface area contributed by atoms with Gasteiger partial charge in [0.05, 0.1) is 0 Å². The van der Waals surface area contributed by atoms with Gasteiger partial charge in [0.2, 0.25) is 5.91 Å². The van der Waals surface area contributed by atoms with Crippen molar-refractivity contribution in [1.29, 1.82) is 0 Å². The summed E-state index contributed by atoms with van der Waals surface area (Å²) in [6, 6.07) is 1.04. The second-order valence-corrected chi connectivity index (χ2v) is 6.39. The summed E-state index contributed by atoms with van der Waals surface area (Å²) >= 11 is 0. The van der Waals surface area contributed by atoms with E-state index in [1.54, 1.807) is 0 Å². The zero-order chi connectivity index (χ0) is 12.4. The van der Waals surface area contributed by atoms with E-state index in [1.165, 1.54) is 44.9 Å². The molecule has 3 rings (SSSR count). The first kappa shape index (κ1) is 15.1. The summed E-state index contributed by atoms with van der Waals surface area (Å²) in [5, 5.41) is 3.47. The highest BCUT2D eigenvalue weighted by atomic mass is 35.5. The molecule has 0 spiro atoms. The molecule has 0 aromatic carbocycles. The largest absolute Gasteiger partial charge is 0.335 e. The molecule has 1 saturated carbocycles. The first-order chi connectivity index (χ1) is 8.84. The lowest BCUT2D eigenvalue weighted by Gasteiger charge is -2.30. The predicted molar refractivity (Wildman–Crippen MR) is 79.6 cm³/mol. The maximum Gasteiger partial charge on any atom is 0.223 e. The van der Waals surface area contributed by atoms with E-state index in [2.05, 4.69) is 10.2 Å². The summed E-state index contributed by atoms with van der Waals surface area (Å²) in [6.45, 7) is 2.11. The highest BCUT2D eigenvalue weighted by Gasteiger charge is 2.38. The van der Waals surface area contributed by atoms with Crippen LogP contribution in [0, 0.1) is 5.92 Å². The summed E-state index contributed by atoms with van der Waals surface area (Å²) in [6.07, 6.45) is 11.1. The van der Waals surface area contributed by atoms with E-state index in [0.717, 1.165) is 25.9 Å². The van der Waals surface area contributed by atoms with Crippen molar-refractivity contribution in [1.82, 2.24) is 10.2 Å². The lowest BCUT2D eigenvalue weighted by Crippen LogP contribution is -2.43. The Bertz CT molecular complexity index is 291. The number of carbonyl (C=O) groups is 1. The zero-order valence-electron chi connectivity index (χ0n) is 11.8. The van der Waals surface area contributed by atoms with Crippen LogP contribution < -0.4 is 5.32 Å². The van der Waals surface area contributed by atoms with Crippen LogP contribution in [0.4, 0.5) is 0 Å². The van der Waals surface area contributed by atoms with E-state index in [4.69, 9.17) is 0 Å². The van der Waals surface area contributed by atoms with Crippen LogP contribution in [0.15, 0.2) is 0 Å². The fraction of sp³-hybridized carbons (Fsp3) is 0.933. The first-order valence-corrected chi connectivity index (χ1v) is 7.86. The Morgan fingerprint density at radius 3 is 2.53 bits per heavy atom. The van der Waals surface area contributed by atoms with E-state index in [-0.39, 0.29) is 12.4 Å². The molecule has 1 amide bonds. The second kappa shape index (κ2) is 6.94. The maximum absolute atomic E-state index is 12.6. The number of nitrogens with zero attached hydrogens (tertiary/aromatic N) is 1. The van der Waals surface area contributed by atoms with Gasteiger partial charge in [-0.2, -0.15) is 0 Å². The molecule has 0 aromatic heterocycles. The van der Waals surface area contributed by atoms with Gasteiger partial charge >= 0.3 is 0 Å². The Morgan fingerprint density at radius 1 is 1.00 bits per heavy atom. The summed E-state index contributed by atoms with van der Waals surface area (Å²) in [4.78, 5) is 14.8. The molecule has 110 valence electrons. The quantitative estimate of drug-likeness (QED) is 0.847. The SMILES string of the molecule is Cl.O=C(CC1CCCCC1)N1C2CCNCC1CC2. The lowest BCUT2D eigenvalue weighted by atomic mass is 9.86. The van der Waals surface area contributed by atoms with Crippen molar-refractivity contribution in [3.05, 3.63) is 0 Å². The lowest BCUT2D eigenvalue weighted by molar-refractivity contribution is -0.135. The van der Waals surface area contributed by atoms with Gasteiger partial charge in [-0.25, -0.2) is 0 Å². The van der Waals surface area contributed by atoms with Crippen LogP contribution in [0.5, 0.6) is 0 Å². The third-order valence-corrected chi connectivity index (χ3v) is 5.13. The number of amides is 1. The molecule has 2 heterocycles. The van der Waals surface area contributed by atoms with E-state index < -0.39 is 0 Å². The third-order valence-electron chi connectivity index (χ3n) is 5.13. The maximum atomic E-state index is 12.6. The molecule has 3 aliphatic rings. The summed E-state index contributed by atoms with van der Waals surface area (Å²) in [5.74, 6) is 1.14.